The van der Waals surface area contributed by atoms with Crippen molar-refractivity contribution in [3.8, 4) is 0 Å². The van der Waals surface area contributed by atoms with E-state index in [-0.39, 0.29) is 17.5 Å². The molecule has 1 aromatic heterocycles. The molecule has 0 radical (unpaired) electrons. The third-order valence-corrected chi connectivity index (χ3v) is 8.51. The van der Waals surface area contributed by atoms with E-state index >= 15 is 0 Å². The van der Waals surface area contributed by atoms with Crippen molar-refractivity contribution < 1.29 is 21.6 Å². The molecule has 2 aromatic carbocycles. The van der Waals surface area contributed by atoms with Gasteiger partial charge in [-0.15, -0.1) is 0 Å². The Hall–Kier alpha value is -2.75. The van der Waals surface area contributed by atoms with Crippen LogP contribution in [0, 0.1) is 0 Å². The van der Waals surface area contributed by atoms with E-state index in [1.807, 2.05) is 18.2 Å². The number of benzene rings is 2. The minimum Gasteiger partial charge on any atom is -0.303 e. The van der Waals surface area contributed by atoms with Gasteiger partial charge in [-0.2, -0.15) is 17.5 Å². The second kappa shape index (κ2) is 11.5. The Morgan fingerprint density at radius 3 is 2.19 bits per heavy atom. The van der Waals surface area contributed by atoms with Gasteiger partial charge in [0.2, 0.25) is 10.0 Å². The number of hydrogen-bond donors (Lipinski definition) is 0. The van der Waals surface area contributed by atoms with E-state index in [9.17, 15) is 21.6 Å². The molecule has 0 saturated carbocycles. The highest BCUT2D eigenvalue weighted by molar-refractivity contribution is 7.89. The summed E-state index contributed by atoms with van der Waals surface area (Å²) in [6.07, 6.45) is 2.05. The lowest BCUT2D eigenvalue weighted by molar-refractivity contribution is -0.137. The Morgan fingerprint density at radius 2 is 1.58 bits per heavy atom. The Balaban J connectivity index is 1.45. The van der Waals surface area contributed by atoms with Crippen LogP contribution in [0.1, 0.15) is 36.0 Å². The monoisotopic (exact) mass is 517 g/mol. The predicted molar refractivity (Wildman–Crippen MR) is 133 cm³/mol. The van der Waals surface area contributed by atoms with E-state index in [0.717, 1.165) is 62.3 Å². The summed E-state index contributed by atoms with van der Waals surface area (Å²) in [6, 6.07) is 17.4. The van der Waals surface area contributed by atoms with Crippen LogP contribution in [0.3, 0.4) is 0 Å². The van der Waals surface area contributed by atoms with Crippen LogP contribution >= 0.6 is 0 Å². The summed E-state index contributed by atoms with van der Waals surface area (Å²) in [5.74, 6) is 0. The number of alkyl halides is 3. The van der Waals surface area contributed by atoms with Gasteiger partial charge in [0.1, 0.15) is 0 Å². The fourth-order valence-electron chi connectivity index (χ4n) is 4.62. The smallest absolute Gasteiger partial charge is 0.303 e. The molecule has 0 unspecified atom stereocenters. The Labute approximate surface area is 210 Å². The highest BCUT2D eigenvalue weighted by atomic mass is 32.2. The van der Waals surface area contributed by atoms with Crippen LogP contribution in [-0.2, 0) is 29.2 Å². The van der Waals surface area contributed by atoms with Crippen LogP contribution in [0.25, 0.3) is 0 Å². The number of hydrogen-bond acceptors (Lipinski definition) is 4. The van der Waals surface area contributed by atoms with E-state index in [1.165, 1.54) is 9.87 Å². The number of aryl methyl sites for hydroxylation is 1. The molecule has 4 rings (SSSR count). The van der Waals surface area contributed by atoms with Gasteiger partial charge in [-0.05, 0) is 86.8 Å². The van der Waals surface area contributed by atoms with Gasteiger partial charge >= 0.3 is 6.18 Å². The molecule has 0 N–H and O–H groups in total. The van der Waals surface area contributed by atoms with Crippen molar-refractivity contribution >= 4 is 10.0 Å². The first-order chi connectivity index (χ1) is 17.2. The molecular formula is C27H30F3N3O2S. The SMILES string of the molecule is O=S(=O)(c1ccc(C(F)(F)F)cc1)N(Cc1cccnc1)C1CCN(CCCc2ccccc2)CC1. The van der Waals surface area contributed by atoms with Crippen LogP contribution in [0.5, 0.6) is 0 Å². The van der Waals surface area contributed by atoms with Gasteiger partial charge in [0.05, 0.1) is 10.5 Å². The summed E-state index contributed by atoms with van der Waals surface area (Å²) in [4.78, 5) is 6.31. The minimum atomic E-state index is -4.52. The van der Waals surface area contributed by atoms with Crippen LogP contribution < -0.4 is 0 Å². The molecule has 1 aliphatic heterocycles. The van der Waals surface area contributed by atoms with E-state index < -0.39 is 21.8 Å². The highest BCUT2D eigenvalue weighted by Crippen LogP contribution is 2.32. The van der Waals surface area contributed by atoms with Crippen molar-refractivity contribution in [2.75, 3.05) is 19.6 Å². The number of piperidine rings is 1. The van der Waals surface area contributed by atoms with Crippen LogP contribution in [0.15, 0.2) is 84.0 Å². The zero-order valence-electron chi connectivity index (χ0n) is 19.9. The van der Waals surface area contributed by atoms with Crippen LogP contribution in [0.2, 0.25) is 0 Å². The largest absolute Gasteiger partial charge is 0.416 e. The summed E-state index contributed by atoms with van der Waals surface area (Å²) in [7, 11) is -4.01. The average Bonchev–Trinajstić information content (AvgIpc) is 2.88. The Morgan fingerprint density at radius 1 is 0.917 bits per heavy atom. The lowest BCUT2D eigenvalue weighted by Gasteiger charge is -2.38. The maximum Gasteiger partial charge on any atom is 0.416 e. The lowest BCUT2D eigenvalue weighted by Crippen LogP contribution is -2.47. The van der Waals surface area contributed by atoms with Gasteiger partial charge in [-0.3, -0.25) is 4.98 Å². The maximum absolute atomic E-state index is 13.6. The van der Waals surface area contributed by atoms with Crippen LogP contribution in [-0.4, -0.2) is 48.3 Å². The predicted octanol–water partition coefficient (Wildman–Crippen LogP) is 5.39. The fraction of sp³-hybridized carbons (Fsp3) is 0.370. The summed E-state index contributed by atoms with van der Waals surface area (Å²) in [5.41, 5.74) is 1.17. The molecule has 0 bridgehead atoms. The van der Waals surface area contributed by atoms with Crippen molar-refractivity contribution in [1.82, 2.24) is 14.2 Å². The van der Waals surface area contributed by atoms with Gasteiger partial charge in [0, 0.05) is 25.0 Å². The van der Waals surface area contributed by atoms with E-state index in [0.29, 0.717) is 12.8 Å². The van der Waals surface area contributed by atoms with E-state index in [2.05, 4.69) is 22.0 Å². The molecular weight excluding hydrogens is 487 g/mol. The second-order valence-corrected chi connectivity index (χ2v) is 11.0. The second-order valence-electron chi connectivity index (χ2n) is 9.10. The van der Waals surface area contributed by atoms with Crippen molar-refractivity contribution in [1.29, 1.82) is 0 Å². The summed E-state index contributed by atoms with van der Waals surface area (Å²) in [6.45, 7) is 2.60. The average molecular weight is 518 g/mol. The van der Waals surface area contributed by atoms with Gasteiger partial charge in [-0.1, -0.05) is 36.4 Å². The maximum atomic E-state index is 13.6. The normalized spacial score (nSPS) is 15.9. The van der Waals surface area contributed by atoms with Gasteiger partial charge in [0.25, 0.3) is 0 Å². The summed E-state index contributed by atoms with van der Waals surface area (Å²) < 4.78 is 67.7. The number of pyridine rings is 1. The fourth-order valence-corrected chi connectivity index (χ4v) is 6.29. The molecule has 0 spiro atoms. The molecule has 1 fully saturated rings. The topological polar surface area (TPSA) is 53.5 Å². The molecule has 0 amide bonds. The number of halogens is 3. The first kappa shape index (κ1) is 26.3. The molecule has 2 heterocycles. The van der Waals surface area contributed by atoms with Gasteiger partial charge in [0.15, 0.2) is 0 Å². The molecule has 0 atom stereocenters. The molecule has 5 nitrogen and oxygen atoms in total. The first-order valence-corrected chi connectivity index (χ1v) is 13.5. The molecule has 3 aromatic rings. The van der Waals surface area contributed by atoms with Crippen LogP contribution in [0.4, 0.5) is 13.2 Å². The molecule has 1 saturated heterocycles. The molecule has 36 heavy (non-hydrogen) atoms. The first-order valence-electron chi connectivity index (χ1n) is 12.1. The Kier molecular flexibility index (Phi) is 8.43. The number of likely N-dealkylation sites (tertiary alicyclic amines) is 1. The number of nitrogens with zero attached hydrogens (tertiary/aromatic N) is 3. The molecule has 9 heteroatoms. The molecule has 0 aliphatic carbocycles. The van der Waals surface area contributed by atoms with Gasteiger partial charge < -0.3 is 4.90 Å². The number of sulfonamides is 1. The Bertz CT molecular complexity index is 1200. The number of aromatic nitrogens is 1. The van der Waals surface area contributed by atoms with Crippen molar-refractivity contribution in [3.63, 3.8) is 0 Å². The quantitative estimate of drug-likeness (QED) is 0.382. The molecule has 1 aliphatic rings. The summed E-state index contributed by atoms with van der Waals surface area (Å²) >= 11 is 0. The van der Waals surface area contributed by atoms with Crippen molar-refractivity contribution in [2.45, 2.75) is 49.3 Å². The zero-order chi connectivity index (χ0) is 25.6. The van der Waals surface area contributed by atoms with Crippen molar-refractivity contribution in [2.24, 2.45) is 0 Å². The third kappa shape index (κ3) is 6.72. The number of rotatable bonds is 9. The summed E-state index contributed by atoms with van der Waals surface area (Å²) in [5, 5.41) is 0. The third-order valence-electron chi connectivity index (χ3n) is 6.60. The zero-order valence-corrected chi connectivity index (χ0v) is 20.8. The standard InChI is InChI=1S/C27H30F3N3O2S/c28-27(29,30)24-10-12-26(13-11-24)36(34,35)33(21-23-8-4-16-31-20-23)25-14-18-32(19-15-25)17-5-9-22-6-2-1-3-7-22/h1-4,6-8,10-13,16,20,25H,5,9,14-15,17-19,21H2. The highest BCUT2D eigenvalue weighted by Gasteiger charge is 2.35. The minimum absolute atomic E-state index is 0.121. The van der Waals surface area contributed by atoms with E-state index in [4.69, 9.17) is 0 Å². The lowest BCUT2D eigenvalue weighted by atomic mass is 10.0. The van der Waals surface area contributed by atoms with Gasteiger partial charge in [-0.25, -0.2) is 8.42 Å². The molecule has 192 valence electrons. The van der Waals surface area contributed by atoms with E-state index in [1.54, 1.807) is 24.5 Å². The van der Waals surface area contributed by atoms with Crippen molar-refractivity contribution in [3.05, 3.63) is 95.8 Å².